The fourth-order valence-electron chi connectivity index (χ4n) is 3.47. The van der Waals surface area contributed by atoms with Gasteiger partial charge in [-0.05, 0) is 24.6 Å². The molecule has 4 rings (SSSR count). The number of hydrogen-bond donors (Lipinski definition) is 1. The Balaban J connectivity index is 1.66. The van der Waals surface area contributed by atoms with Gasteiger partial charge in [0.1, 0.15) is 0 Å². The molecule has 24 heavy (non-hydrogen) atoms. The van der Waals surface area contributed by atoms with Gasteiger partial charge >= 0.3 is 0 Å². The Bertz CT molecular complexity index is 1040. The van der Waals surface area contributed by atoms with Crippen LogP contribution in [0.3, 0.4) is 0 Å². The summed E-state index contributed by atoms with van der Waals surface area (Å²) in [6.07, 6.45) is 1.74. The predicted octanol–water partition coefficient (Wildman–Crippen LogP) is 2.26. The first-order chi connectivity index (χ1) is 11.5. The molecule has 0 saturated heterocycles. The maximum Gasteiger partial charge on any atom is 0.179 e. The van der Waals surface area contributed by atoms with Crippen LogP contribution in [0.15, 0.2) is 41.4 Å². The lowest BCUT2D eigenvalue weighted by Crippen LogP contribution is -2.14. The summed E-state index contributed by atoms with van der Waals surface area (Å²) in [5, 5.41) is 8.79. The third-order valence-corrected chi connectivity index (χ3v) is 6.44. The number of fused-ring (bicyclic) bond motifs is 2. The Kier molecular flexibility index (Phi) is 3.35. The van der Waals surface area contributed by atoms with Gasteiger partial charge in [0.25, 0.3) is 0 Å². The Labute approximate surface area is 140 Å². The van der Waals surface area contributed by atoms with E-state index in [-0.39, 0.29) is 11.7 Å². The number of sulfone groups is 1. The van der Waals surface area contributed by atoms with Crippen molar-refractivity contribution in [2.75, 3.05) is 17.6 Å². The molecule has 2 aromatic heterocycles. The second kappa shape index (κ2) is 5.31. The second-order valence-corrected chi connectivity index (χ2v) is 8.17. The molecule has 3 heterocycles. The number of benzene rings is 1. The number of aromatic nitrogens is 3. The first-order valence-corrected chi connectivity index (χ1v) is 9.46. The smallest absolute Gasteiger partial charge is 0.179 e. The minimum absolute atomic E-state index is 0.0496. The molecule has 0 saturated carbocycles. The zero-order valence-corrected chi connectivity index (χ0v) is 14.3. The molecule has 0 radical (unpaired) electrons. The highest BCUT2D eigenvalue weighted by Gasteiger charge is 2.34. The van der Waals surface area contributed by atoms with E-state index in [9.17, 15) is 8.42 Å². The standard InChI is InChI=1S/C17H18N4O2S/c1-11-16-14(7-8-18-17(16)21(2)20-11)19-9-12-10-24(22,23)15-6-4-3-5-13(12)15/h3-8,12H,9-10H2,1-2H3,(H,18,19). The van der Waals surface area contributed by atoms with Crippen molar-refractivity contribution in [2.24, 2.45) is 7.05 Å². The first kappa shape index (κ1) is 15.1. The molecule has 0 fully saturated rings. The zero-order chi connectivity index (χ0) is 16.9. The summed E-state index contributed by atoms with van der Waals surface area (Å²) in [5.74, 6) is 0.103. The van der Waals surface area contributed by atoms with Gasteiger partial charge in [-0.1, -0.05) is 18.2 Å². The molecule has 1 aliphatic rings. The molecule has 3 aromatic rings. The van der Waals surface area contributed by atoms with Gasteiger partial charge in [-0.25, -0.2) is 13.4 Å². The SMILES string of the molecule is Cc1nn(C)c2nccc(NCC3CS(=O)(=O)c4ccccc43)c12. The van der Waals surface area contributed by atoms with Gasteiger partial charge in [0.05, 0.1) is 21.7 Å². The minimum atomic E-state index is -3.17. The third kappa shape index (κ3) is 2.27. The monoisotopic (exact) mass is 342 g/mol. The molecule has 0 amide bonds. The molecule has 0 spiro atoms. The van der Waals surface area contributed by atoms with Gasteiger partial charge in [-0.15, -0.1) is 0 Å². The molecule has 1 aliphatic heterocycles. The van der Waals surface area contributed by atoms with Gasteiger partial charge in [0, 0.05) is 31.4 Å². The van der Waals surface area contributed by atoms with Gasteiger partial charge in [0.2, 0.25) is 0 Å². The number of nitrogens with one attached hydrogen (secondary N) is 1. The van der Waals surface area contributed by atoms with Crippen LogP contribution in [0.4, 0.5) is 5.69 Å². The second-order valence-electron chi connectivity index (χ2n) is 6.16. The molecular formula is C17H18N4O2S. The van der Waals surface area contributed by atoms with E-state index < -0.39 is 9.84 Å². The average molecular weight is 342 g/mol. The topological polar surface area (TPSA) is 76.9 Å². The van der Waals surface area contributed by atoms with Crippen molar-refractivity contribution in [1.82, 2.24) is 14.8 Å². The van der Waals surface area contributed by atoms with Crippen LogP contribution in [0.2, 0.25) is 0 Å². The number of hydrogen-bond acceptors (Lipinski definition) is 5. The quantitative estimate of drug-likeness (QED) is 0.790. The van der Waals surface area contributed by atoms with E-state index in [0.29, 0.717) is 11.4 Å². The van der Waals surface area contributed by atoms with Crippen molar-refractivity contribution >= 4 is 26.6 Å². The highest BCUT2D eigenvalue weighted by atomic mass is 32.2. The molecular weight excluding hydrogens is 324 g/mol. The van der Waals surface area contributed by atoms with Gasteiger partial charge < -0.3 is 5.32 Å². The Hall–Kier alpha value is -2.41. The Morgan fingerprint density at radius 1 is 1.29 bits per heavy atom. The fourth-order valence-corrected chi connectivity index (χ4v) is 5.36. The summed E-state index contributed by atoms with van der Waals surface area (Å²) in [5.41, 5.74) is 3.56. The van der Waals surface area contributed by atoms with E-state index in [0.717, 1.165) is 28.0 Å². The molecule has 124 valence electrons. The van der Waals surface area contributed by atoms with E-state index in [1.165, 1.54) is 0 Å². The highest BCUT2D eigenvalue weighted by Crippen LogP contribution is 2.35. The van der Waals surface area contributed by atoms with Crippen molar-refractivity contribution in [3.05, 3.63) is 47.8 Å². The molecule has 1 unspecified atom stereocenters. The van der Waals surface area contributed by atoms with Crippen molar-refractivity contribution in [3.8, 4) is 0 Å². The van der Waals surface area contributed by atoms with Crippen LogP contribution >= 0.6 is 0 Å². The molecule has 7 heteroatoms. The molecule has 1 N–H and O–H groups in total. The maximum atomic E-state index is 12.3. The van der Waals surface area contributed by atoms with E-state index in [1.807, 2.05) is 32.2 Å². The highest BCUT2D eigenvalue weighted by molar-refractivity contribution is 7.91. The lowest BCUT2D eigenvalue weighted by molar-refractivity contribution is 0.598. The number of pyridine rings is 1. The normalized spacial score (nSPS) is 18.7. The van der Waals surface area contributed by atoms with Crippen LogP contribution in [0.5, 0.6) is 0 Å². The summed E-state index contributed by atoms with van der Waals surface area (Å²) in [7, 11) is -1.31. The van der Waals surface area contributed by atoms with Crippen LogP contribution in [0, 0.1) is 6.92 Å². The molecule has 0 aliphatic carbocycles. The Morgan fingerprint density at radius 2 is 2.08 bits per heavy atom. The van der Waals surface area contributed by atoms with Crippen LogP contribution in [-0.4, -0.2) is 35.5 Å². The van der Waals surface area contributed by atoms with Crippen LogP contribution in [-0.2, 0) is 16.9 Å². The van der Waals surface area contributed by atoms with Crippen molar-refractivity contribution < 1.29 is 8.42 Å². The summed E-state index contributed by atoms with van der Waals surface area (Å²) >= 11 is 0. The summed E-state index contributed by atoms with van der Waals surface area (Å²) < 4.78 is 26.3. The minimum Gasteiger partial charge on any atom is -0.384 e. The number of rotatable bonds is 3. The van der Waals surface area contributed by atoms with Crippen LogP contribution in [0.1, 0.15) is 17.2 Å². The average Bonchev–Trinajstić information content (AvgIpc) is 3.00. The maximum absolute atomic E-state index is 12.3. The number of anilines is 1. The van der Waals surface area contributed by atoms with E-state index >= 15 is 0 Å². The van der Waals surface area contributed by atoms with Crippen molar-refractivity contribution in [2.45, 2.75) is 17.7 Å². The molecule has 6 nitrogen and oxygen atoms in total. The molecule has 0 bridgehead atoms. The number of aryl methyl sites for hydroxylation is 2. The summed E-state index contributed by atoms with van der Waals surface area (Å²) in [6.45, 7) is 2.51. The fraction of sp³-hybridized carbons (Fsp3) is 0.294. The molecule has 1 atom stereocenters. The zero-order valence-electron chi connectivity index (χ0n) is 13.5. The van der Waals surface area contributed by atoms with Crippen LogP contribution < -0.4 is 5.32 Å². The van der Waals surface area contributed by atoms with Gasteiger partial charge in [-0.2, -0.15) is 5.10 Å². The summed E-state index contributed by atoms with van der Waals surface area (Å²) in [6, 6.07) is 9.18. The lowest BCUT2D eigenvalue weighted by atomic mass is 10.0. The number of nitrogens with zero attached hydrogens (tertiary/aromatic N) is 3. The van der Waals surface area contributed by atoms with E-state index in [2.05, 4.69) is 15.4 Å². The van der Waals surface area contributed by atoms with Gasteiger partial charge in [-0.3, -0.25) is 4.68 Å². The third-order valence-electron chi connectivity index (χ3n) is 4.55. The van der Waals surface area contributed by atoms with Crippen LogP contribution in [0.25, 0.3) is 11.0 Å². The molecule has 1 aromatic carbocycles. The van der Waals surface area contributed by atoms with E-state index in [1.54, 1.807) is 23.0 Å². The predicted molar refractivity (Wildman–Crippen MR) is 93.0 cm³/mol. The largest absolute Gasteiger partial charge is 0.384 e. The summed E-state index contributed by atoms with van der Waals surface area (Å²) in [4.78, 5) is 4.83. The first-order valence-electron chi connectivity index (χ1n) is 7.81. The Morgan fingerprint density at radius 3 is 2.92 bits per heavy atom. The van der Waals surface area contributed by atoms with E-state index in [4.69, 9.17) is 0 Å². The van der Waals surface area contributed by atoms with Gasteiger partial charge in [0.15, 0.2) is 15.5 Å². The lowest BCUT2D eigenvalue weighted by Gasteiger charge is -2.13. The van der Waals surface area contributed by atoms with Crippen molar-refractivity contribution in [1.29, 1.82) is 0 Å². The van der Waals surface area contributed by atoms with Crippen molar-refractivity contribution in [3.63, 3.8) is 0 Å².